The molecule has 0 bridgehead atoms. The summed E-state index contributed by atoms with van der Waals surface area (Å²) in [5, 5.41) is 10.8. The van der Waals surface area contributed by atoms with Crippen LogP contribution in [0.4, 0.5) is 0 Å². The molecule has 0 aromatic heterocycles. The topological polar surface area (TPSA) is 32.6 Å². The molecule has 0 rings (SSSR count). The molecule has 0 saturated heterocycles. The summed E-state index contributed by atoms with van der Waals surface area (Å²) in [6.07, 6.45) is 0.830. The first-order valence-electron chi connectivity index (χ1n) is 1.98. The lowest BCUT2D eigenvalue weighted by molar-refractivity contribution is 0.317. The summed E-state index contributed by atoms with van der Waals surface area (Å²) in [6.45, 7) is 3.72. The fourth-order valence-corrected chi connectivity index (χ4v) is 0.0707. The first-order chi connectivity index (χ1) is 2.81. The van der Waals surface area contributed by atoms with Crippen LogP contribution in [0.2, 0.25) is 0 Å². The van der Waals surface area contributed by atoms with Gasteiger partial charge < -0.3 is 5.21 Å². The van der Waals surface area contributed by atoms with Crippen LogP contribution in [0, 0.1) is 0 Å². The Labute approximate surface area is 37.5 Å². The summed E-state index contributed by atoms with van der Waals surface area (Å²) in [5.41, 5.74) is 0.773. The first-order valence-corrected chi connectivity index (χ1v) is 1.98. The van der Waals surface area contributed by atoms with E-state index in [-0.39, 0.29) is 0 Å². The Morgan fingerprint density at radius 3 is 2.33 bits per heavy atom. The number of oxime groups is 1. The van der Waals surface area contributed by atoms with Crippen LogP contribution < -0.4 is 0 Å². The molecule has 0 saturated carbocycles. The minimum atomic E-state index is 0.773. The second kappa shape index (κ2) is 2.69. The molecule has 0 aliphatic carbocycles. The number of hydrogen-bond donors (Lipinski definition) is 1. The van der Waals surface area contributed by atoms with E-state index in [2.05, 4.69) is 5.16 Å². The van der Waals surface area contributed by atoms with Crippen LogP contribution >= 0.6 is 0 Å². The monoisotopic (exact) mass is 87.1 g/mol. The summed E-state index contributed by atoms with van der Waals surface area (Å²) < 4.78 is 0. The molecule has 0 aromatic rings. The Kier molecular flexibility index (Phi) is 2.46. The van der Waals surface area contributed by atoms with Crippen molar-refractivity contribution in [1.29, 1.82) is 0 Å². The molecule has 0 heterocycles. The standard InChI is InChI=1S/C4H9NO/c1-3-4(2)5-6/h6H,3H2,1-2H3/b5-4+. The van der Waals surface area contributed by atoms with Gasteiger partial charge in [0.2, 0.25) is 0 Å². The molecular formula is C4H9NO. The third kappa shape index (κ3) is 1.76. The van der Waals surface area contributed by atoms with Crippen molar-refractivity contribution in [2.45, 2.75) is 20.3 Å². The highest BCUT2D eigenvalue weighted by atomic mass is 16.4. The van der Waals surface area contributed by atoms with Gasteiger partial charge in [-0.2, -0.15) is 0 Å². The zero-order chi connectivity index (χ0) is 4.99. The van der Waals surface area contributed by atoms with Gasteiger partial charge in [0.25, 0.3) is 0 Å². The quantitative estimate of drug-likeness (QED) is 0.291. The Bertz CT molecular complexity index is 58.6. The summed E-state index contributed by atoms with van der Waals surface area (Å²) in [7, 11) is 0. The van der Waals surface area contributed by atoms with Gasteiger partial charge in [0.05, 0.1) is 5.71 Å². The van der Waals surface area contributed by atoms with Crippen molar-refractivity contribution in [3.63, 3.8) is 0 Å². The molecule has 6 heavy (non-hydrogen) atoms. The van der Waals surface area contributed by atoms with Crippen LogP contribution in [0.25, 0.3) is 0 Å². The van der Waals surface area contributed by atoms with E-state index in [0.717, 1.165) is 12.1 Å². The van der Waals surface area contributed by atoms with Gasteiger partial charge in [-0.15, -0.1) is 0 Å². The van der Waals surface area contributed by atoms with Crippen LogP contribution in [0.3, 0.4) is 0 Å². The minimum absolute atomic E-state index is 0.773. The molecule has 1 N–H and O–H groups in total. The van der Waals surface area contributed by atoms with Crippen LogP contribution in [0.5, 0.6) is 0 Å². The predicted molar refractivity (Wildman–Crippen MR) is 25.2 cm³/mol. The van der Waals surface area contributed by atoms with Gasteiger partial charge in [-0.1, -0.05) is 12.1 Å². The second-order valence-electron chi connectivity index (χ2n) is 1.19. The summed E-state index contributed by atoms with van der Waals surface area (Å²) >= 11 is 0. The van der Waals surface area contributed by atoms with Crippen molar-refractivity contribution in [3.05, 3.63) is 0 Å². The molecule has 2 heteroatoms. The van der Waals surface area contributed by atoms with Crippen molar-refractivity contribution in [1.82, 2.24) is 0 Å². The molecule has 0 aliphatic rings. The first kappa shape index (κ1) is 5.47. The molecular weight excluding hydrogens is 78.0 g/mol. The lowest BCUT2D eigenvalue weighted by atomic mass is 10.3. The van der Waals surface area contributed by atoms with Gasteiger partial charge in [0.1, 0.15) is 0 Å². The van der Waals surface area contributed by atoms with Crippen molar-refractivity contribution < 1.29 is 5.21 Å². The third-order valence-corrected chi connectivity index (χ3v) is 0.682. The van der Waals surface area contributed by atoms with Gasteiger partial charge in [-0.05, 0) is 13.3 Å². The number of nitrogens with zero attached hydrogens (tertiary/aromatic N) is 1. The molecule has 0 spiro atoms. The van der Waals surface area contributed by atoms with Crippen molar-refractivity contribution in [2.24, 2.45) is 5.16 Å². The maximum atomic E-state index is 7.92. The normalized spacial score (nSPS) is 12.0. The van der Waals surface area contributed by atoms with Gasteiger partial charge in [-0.3, -0.25) is 0 Å². The molecule has 0 amide bonds. The predicted octanol–water partition coefficient (Wildman–Crippen LogP) is 1.25. The highest BCUT2D eigenvalue weighted by Crippen LogP contribution is 1.78. The molecule has 0 atom stereocenters. The zero-order valence-corrected chi connectivity index (χ0v) is 4.10. The number of rotatable bonds is 1. The average Bonchev–Trinajstić information content (AvgIpc) is 1.65. The maximum Gasteiger partial charge on any atom is 0.0537 e. The van der Waals surface area contributed by atoms with Crippen molar-refractivity contribution in [3.8, 4) is 0 Å². The third-order valence-electron chi connectivity index (χ3n) is 0.682. The molecule has 0 radical (unpaired) electrons. The van der Waals surface area contributed by atoms with E-state index < -0.39 is 0 Å². The van der Waals surface area contributed by atoms with Crippen LogP contribution in [0.15, 0.2) is 5.16 Å². The number of hydrogen-bond acceptors (Lipinski definition) is 2. The molecule has 0 fully saturated rings. The Hall–Kier alpha value is -0.530. The highest BCUT2D eigenvalue weighted by molar-refractivity contribution is 5.80. The van der Waals surface area contributed by atoms with E-state index in [1.54, 1.807) is 6.92 Å². The van der Waals surface area contributed by atoms with Gasteiger partial charge >= 0.3 is 0 Å². The van der Waals surface area contributed by atoms with Crippen molar-refractivity contribution in [2.75, 3.05) is 0 Å². The molecule has 0 aromatic carbocycles. The fourth-order valence-electron chi connectivity index (χ4n) is 0.0707. The van der Waals surface area contributed by atoms with E-state index >= 15 is 0 Å². The van der Waals surface area contributed by atoms with Crippen LogP contribution in [-0.4, -0.2) is 10.9 Å². The van der Waals surface area contributed by atoms with Gasteiger partial charge in [0, 0.05) is 0 Å². The van der Waals surface area contributed by atoms with E-state index in [9.17, 15) is 0 Å². The lowest BCUT2D eigenvalue weighted by Crippen LogP contribution is -1.83. The molecule has 2 nitrogen and oxygen atoms in total. The summed E-state index contributed by atoms with van der Waals surface area (Å²) in [5.74, 6) is 0. The SMILES string of the molecule is CC/C(C)=N/O. The Morgan fingerprint density at radius 1 is 1.83 bits per heavy atom. The molecule has 0 unspecified atom stereocenters. The Morgan fingerprint density at radius 2 is 2.33 bits per heavy atom. The van der Waals surface area contributed by atoms with E-state index in [0.29, 0.717) is 0 Å². The largest absolute Gasteiger partial charge is 0.411 e. The average molecular weight is 87.1 g/mol. The van der Waals surface area contributed by atoms with E-state index in [1.165, 1.54) is 0 Å². The summed E-state index contributed by atoms with van der Waals surface area (Å²) in [4.78, 5) is 0. The second-order valence-corrected chi connectivity index (χ2v) is 1.19. The van der Waals surface area contributed by atoms with Gasteiger partial charge in [0.15, 0.2) is 0 Å². The molecule has 0 aliphatic heterocycles. The van der Waals surface area contributed by atoms with Crippen LogP contribution in [0.1, 0.15) is 20.3 Å². The van der Waals surface area contributed by atoms with E-state index in [4.69, 9.17) is 5.21 Å². The molecule has 36 valence electrons. The van der Waals surface area contributed by atoms with Crippen LogP contribution in [-0.2, 0) is 0 Å². The van der Waals surface area contributed by atoms with E-state index in [1.807, 2.05) is 6.92 Å². The minimum Gasteiger partial charge on any atom is -0.411 e. The maximum absolute atomic E-state index is 7.92. The zero-order valence-electron chi connectivity index (χ0n) is 4.10. The van der Waals surface area contributed by atoms with Gasteiger partial charge in [-0.25, -0.2) is 0 Å². The lowest BCUT2D eigenvalue weighted by Gasteiger charge is -1.81. The van der Waals surface area contributed by atoms with Crippen molar-refractivity contribution >= 4 is 5.71 Å². The smallest absolute Gasteiger partial charge is 0.0537 e. The fraction of sp³-hybridized carbons (Fsp3) is 0.750. The Balaban J connectivity index is 3.22. The highest BCUT2D eigenvalue weighted by Gasteiger charge is 1.77. The summed E-state index contributed by atoms with van der Waals surface area (Å²) in [6, 6.07) is 0.